The summed E-state index contributed by atoms with van der Waals surface area (Å²) in [6, 6.07) is 8.33. The summed E-state index contributed by atoms with van der Waals surface area (Å²) in [5.74, 6) is -0.797. The van der Waals surface area contributed by atoms with E-state index in [0.717, 1.165) is 46.7 Å². The predicted molar refractivity (Wildman–Crippen MR) is 94.5 cm³/mol. The van der Waals surface area contributed by atoms with Gasteiger partial charge in [0.15, 0.2) is 11.6 Å². The fourth-order valence-electron chi connectivity index (χ4n) is 3.04. The molecule has 0 radical (unpaired) electrons. The second-order valence-electron chi connectivity index (χ2n) is 6.00. The Bertz CT molecular complexity index is 872. The molecular weight excluding hydrogens is 328 g/mol. The van der Waals surface area contributed by atoms with E-state index in [1.165, 1.54) is 12.1 Å². The average molecular weight is 345 g/mol. The highest BCUT2D eigenvalue weighted by Gasteiger charge is 2.16. The van der Waals surface area contributed by atoms with Crippen LogP contribution in [0.5, 0.6) is 0 Å². The quantitative estimate of drug-likeness (QED) is 0.738. The molecule has 3 nitrogen and oxygen atoms in total. The highest BCUT2D eigenvalue weighted by Crippen LogP contribution is 2.36. The largest absolute Gasteiger partial charge is 0.366 e. The lowest BCUT2D eigenvalue weighted by molar-refractivity contribution is 0.479. The molecule has 24 heavy (non-hydrogen) atoms. The molecule has 1 saturated heterocycles. The topological polar surface area (TPSA) is 37.0 Å². The molecule has 1 atom stereocenters. The number of halogens is 2. The zero-order valence-electron chi connectivity index (χ0n) is 13.0. The van der Waals surface area contributed by atoms with Crippen LogP contribution in [0.2, 0.25) is 0 Å². The summed E-state index contributed by atoms with van der Waals surface area (Å²) in [5.41, 5.74) is 0.681. The molecule has 0 amide bonds. The summed E-state index contributed by atoms with van der Waals surface area (Å²) in [6.07, 6.45) is 4.05. The number of hydrogen-bond donors (Lipinski definition) is 2. The fourth-order valence-corrected chi connectivity index (χ4v) is 4.09. The van der Waals surface area contributed by atoms with Crippen LogP contribution in [0.4, 0.5) is 14.6 Å². The van der Waals surface area contributed by atoms with E-state index in [-0.39, 0.29) is 0 Å². The Kier molecular flexibility index (Phi) is 4.16. The molecule has 0 saturated carbocycles. The van der Waals surface area contributed by atoms with Crippen LogP contribution in [-0.4, -0.2) is 24.1 Å². The summed E-state index contributed by atoms with van der Waals surface area (Å²) in [4.78, 5) is 5.38. The van der Waals surface area contributed by atoms with Gasteiger partial charge in [-0.2, -0.15) is 0 Å². The van der Waals surface area contributed by atoms with Gasteiger partial charge >= 0.3 is 0 Å². The predicted octanol–water partition coefficient (Wildman–Crippen LogP) is 4.41. The summed E-state index contributed by atoms with van der Waals surface area (Å²) < 4.78 is 27.7. The first kappa shape index (κ1) is 15.5. The van der Waals surface area contributed by atoms with E-state index in [1.54, 1.807) is 23.6 Å². The molecule has 0 spiro atoms. The molecule has 2 N–H and O–H groups in total. The molecule has 6 heteroatoms. The Balaban J connectivity index is 1.69. The number of rotatable bonds is 3. The van der Waals surface area contributed by atoms with Crippen molar-refractivity contribution < 1.29 is 8.78 Å². The molecular formula is C18H17F2N3S. The van der Waals surface area contributed by atoms with Crippen molar-refractivity contribution in [2.45, 2.75) is 18.9 Å². The fraction of sp³-hybridized carbons (Fsp3) is 0.278. The van der Waals surface area contributed by atoms with Crippen molar-refractivity contribution in [3.63, 3.8) is 0 Å². The molecule has 3 aromatic rings. The van der Waals surface area contributed by atoms with Crippen LogP contribution in [0.1, 0.15) is 12.8 Å². The number of aromatic nitrogens is 1. The number of pyridine rings is 1. The third-order valence-electron chi connectivity index (χ3n) is 4.29. The number of anilines is 1. The van der Waals surface area contributed by atoms with Gasteiger partial charge in [0.25, 0.3) is 0 Å². The van der Waals surface area contributed by atoms with E-state index < -0.39 is 11.6 Å². The maximum Gasteiger partial charge on any atom is 0.159 e. The van der Waals surface area contributed by atoms with E-state index in [0.29, 0.717) is 11.6 Å². The molecule has 3 heterocycles. The Hall–Kier alpha value is -2.05. The lowest BCUT2D eigenvalue weighted by Gasteiger charge is -2.24. The van der Waals surface area contributed by atoms with Crippen molar-refractivity contribution in [1.29, 1.82) is 0 Å². The summed E-state index contributed by atoms with van der Waals surface area (Å²) in [5, 5.41) is 7.91. The minimum absolute atomic E-state index is 0.364. The van der Waals surface area contributed by atoms with Crippen LogP contribution < -0.4 is 10.6 Å². The molecule has 1 aromatic carbocycles. The first-order valence-electron chi connectivity index (χ1n) is 8.02. The minimum Gasteiger partial charge on any atom is -0.366 e. The lowest BCUT2D eigenvalue weighted by atomic mass is 10.1. The van der Waals surface area contributed by atoms with Crippen LogP contribution in [0.25, 0.3) is 20.5 Å². The minimum atomic E-state index is -0.825. The third kappa shape index (κ3) is 2.99. The Morgan fingerprint density at radius 1 is 1.17 bits per heavy atom. The van der Waals surface area contributed by atoms with Gasteiger partial charge in [-0.25, -0.2) is 13.8 Å². The van der Waals surface area contributed by atoms with Gasteiger partial charge in [0.05, 0.1) is 0 Å². The van der Waals surface area contributed by atoms with Gasteiger partial charge in [-0.3, -0.25) is 0 Å². The molecule has 124 valence electrons. The molecule has 0 bridgehead atoms. The Labute approximate surface area is 142 Å². The number of hydrogen-bond acceptors (Lipinski definition) is 4. The van der Waals surface area contributed by atoms with Crippen LogP contribution in [0.15, 0.2) is 36.5 Å². The number of piperidine rings is 1. The summed E-state index contributed by atoms with van der Waals surface area (Å²) in [7, 11) is 0. The van der Waals surface area contributed by atoms with E-state index in [9.17, 15) is 8.78 Å². The van der Waals surface area contributed by atoms with Crippen molar-refractivity contribution in [3.8, 4) is 10.4 Å². The van der Waals surface area contributed by atoms with E-state index >= 15 is 0 Å². The lowest BCUT2D eigenvalue weighted by Crippen LogP contribution is -2.38. The van der Waals surface area contributed by atoms with Crippen LogP contribution in [-0.2, 0) is 0 Å². The number of benzene rings is 1. The monoisotopic (exact) mass is 345 g/mol. The van der Waals surface area contributed by atoms with Crippen LogP contribution in [0.3, 0.4) is 0 Å². The number of nitrogens with one attached hydrogen (secondary N) is 2. The zero-order valence-corrected chi connectivity index (χ0v) is 13.8. The van der Waals surface area contributed by atoms with Crippen molar-refractivity contribution in [2.24, 2.45) is 0 Å². The standard InChI is InChI=1S/C18H17F2N3S/c19-14-4-3-11(8-15(14)20)17-9-13-16(24-17)5-7-22-18(13)23-12-2-1-6-21-10-12/h3-5,7-9,12,21H,1-2,6,10H2,(H,22,23)/t12-/m0/s1. The Morgan fingerprint density at radius 3 is 2.88 bits per heavy atom. The molecule has 4 rings (SSSR count). The number of nitrogens with zero attached hydrogens (tertiary/aromatic N) is 1. The van der Waals surface area contributed by atoms with E-state index in [1.807, 2.05) is 12.1 Å². The third-order valence-corrected chi connectivity index (χ3v) is 5.44. The van der Waals surface area contributed by atoms with Crippen molar-refractivity contribution in [2.75, 3.05) is 18.4 Å². The van der Waals surface area contributed by atoms with Crippen LogP contribution in [0, 0.1) is 11.6 Å². The molecule has 1 fully saturated rings. The second-order valence-corrected chi connectivity index (χ2v) is 7.08. The van der Waals surface area contributed by atoms with Crippen molar-refractivity contribution in [1.82, 2.24) is 10.3 Å². The first-order valence-corrected chi connectivity index (χ1v) is 8.83. The van der Waals surface area contributed by atoms with Gasteiger partial charge in [-0.05, 0) is 49.2 Å². The maximum absolute atomic E-state index is 13.5. The summed E-state index contributed by atoms with van der Waals surface area (Å²) >= 11 is 1.56. The SMILES string of the molecule is Fc1ccc(-c2cc3c(N[C@H]4CCCNC4)nccc3s2)cc1F. The maximum atomic E-state index is 13.5. The number of thiophene rings is 1. The molecule has 0 aliphatic carbocycles. The number of fused-ring (bicyclic) bond motifs is 1. The highest BCUT2D eigenvalue weighted by atomic mass is 32.1. The average Bonchev–Trinajstić information content (AvgIpc) is 3.04. The molecule has 1 aliphatic heterocycles. The van der Waals surface area contributed by atoms with Gasteiger partial charge < -0.3 is 10.6 Å². The van der Waals surface area contributed by atoms with E-state index in [2.05, 4.69) is 15.6 Å². The molecule has 2 aromatic heterocycles. The summed E-state index contributed by atoms with van der Waals surface area (Å²) in [6.45, 7) is 1.99. The molecule has 0 unspecified atom stereocenters. The van der Waals surface area contributed by atoms with Gasteiger partial charge in [0.2, 0.25) is 0 Å². The van der Waals surface area contributed by atoms with E-state index in [4.69, 9.17) is 0 Å². The smallest absolute Gasteiger partial charge is 0.159 e. The van der Waals surface area contributed by atoms with Gasteiger partial charge in [0, 0.05) is 33.7 Å². The van der Waals surface area contributed by atoms with Gasteiger partial charge in [-0.1, -0.05) is 6.07 Å². The molecule has 1 aliphatic rings. The van der Waals surface area contributed by atoms with Gasteiger partial charge in [-0.15, -0.1) is 11.3 Å². The second kappa shape index (κ2) is 6.45. The first-order chi connectivity index (χ1) is 11.7. The van der Waals surface area contributed by atoms with Gasteiger partial charge in [0.1, 0.15) is 5.82 Å². The Morgan fingerprint density at radius 2 is 2.08 bits per heavy atom. The zero-order chi connectivity index (χ0) is 16.5. The van der Waals surface area contributed by atoms with Crippen molar-refractivity contribution in [3.05, 3.63) is 48.2 Å². The van der Waals surface area contributed by atoms with Crippen molar-refractivity contribution >= 4 is 27.2 Å². The highest BCUT2D eigenvalue weighted by molar-refractivity contribution is 7.22. The van der Waals surface area contributed by atoms with Crippen LogP contribution >= 0.6 is 11.3 Å². The normalized spacial score (nSPS) is 18.0.